The van der Waals surface area contributed by atoms with Crippen LogP contribution < -0.4 is 10.6 Å². The molecule has 0 bridgehead atoms. The van der Waals surface area contributed by atoms with Gasteiger partial charge in [0.25, 0.3) is 0 Å². The van der Waals surface area contributed by atoms with E-state index in [0.717, 1.165) is 37.8 Å². The lowest BCUT2D eigenvalue weighted by Crippen LogP contribution is -2.42. The predicted molar refractivity (Wildman–Crippen MR) is 106 cm³/mol. The van der Waals surface area contributed by atoms with Crippen LogP contribution in [0.1, 0.15) is 46.0 Å². The Labute approximate surface area is 153 Å². The van der Waals surface area contributed by atoms with E-state index in [9.17, 15) is 0 Å². The van der Waals surface area contributed by atoms with Crippen LogP contribution in [0.4, 0.5) is 0 Å². The second-order valence-electron chi connectivity index (χ2n) is 6.21. The van der Waals surface area contributed by atoms with Gasteiger partial charge in [0.05, 0.1) is 0 Å². The van der Waals surface area contributed by atoms with Gasteiger partial charge < -0.3 is 15.5 Å². The minimum atomic E-state index is 0. The van der Waals surface area contributed by atoms with E-state index >= 15 is 0 Å². The van der Waals surface area contributed by atoms with Gasteiger partial charge in [-0.25, -0.2) is 0 Å². The van der Waals surface area contributed by atoms with Crippen molar-refractivity contribution < 1.29 is 0 Å². The number of halogens is 1. The molecule has 0 unspecified atom stereocenters. The van der Waals surface area contributed by atoms with Gasteiger partial charge in [-0.05, 0) is 64.6 Å². The number of aliphatic imine (C=N–C) groups is 1. The average Bonchev–Trinajstić information content (AvgIpc) is 3.01. The summed E-state index contributed by atoms with van der Waals surface area (Å²) in [4.78, 5) is 7.32. The Morgan fingerprint density at radius 1 is 1.18 bits per heavy atom. The zero-order valence-electron chi connectivity index (χ0n) is 14.2. The number of piperidine rings is 1. The summed E-state index contributed by atoms with van der Waals surface area (Å²) in [7, 11) is 0. The fourth-order valence-corrected chi connectivity index (χ4v) is 3.20. The van der Waals surface area contributed by atoms with Crippen LogP contribution in [0.5, 0.6) is 0 Å². The van der Waals surface area contributed by atoms with E-state index in [4.69, 9.17) is 4.99 Å². The summed E-state index contributed by atoms with van der Waals surface area (Å²) in [5.74, 6) is 1.87. The number of rotatable bonds is 6. The molecule has 2 aliphatic rings. The van der Waals surface area contributed by atoms with Crippen LogP contribution in [0.2, 0.25) is 0 Å². The fourth-order valence-electron chi connectivity index (χ4n) is 3.20. The van der Waals surface area contributed by atoms with Crippen LogP contribution in [-0.4, -0.2) is 49.6 Å². The van der Waals surface area contributed by atoms with Crippen molar-refractivity contribution in [3.05, 3.63) is 12.2 Å². The highest BCUT2D eigenvalue weighted by Crippen LogP contribution is 2.20. The summed E-state index contributed by atoms with van der Waals surface area (Å²) in [6, 6.07) is 0.538. The van der Waals surface area contributed by atoms with Gasteiger partial charge in [-0.3, -0.25) is 4.99 Å². The number of hydrogen-bond acceptors (Lipinski definition) is 2. The lowest BCUT2D eigenvalue weighted by atomic mass is 9.94. The smallest absolute Gasteiger partial charge is 0.191 e. The van der Waals surface area contributed by atoms with Gasteiger partial charge in [0.2, 0.25) is 0 Å². The zero-order valence-corrected chi connectivity index (χ0v) is 16.5. The predicted octanol–water partition coefficient (Wildman–Crippen LogP) is 3.00. The summed E-state index contributed by atoms with van der Waals surface area (Å²) in [5, 5.41) is 6.91. The molecule has 0 aromatic heterocycles. The molecule has 22 heavy (non-hydrogen) atoms. The van der Waals surface area contributed by atoms with Crippen LogP contribution >= 0.6 is 24.0 Å². The normalized spacial score (nSPS) is 20.9. The van der Waals surface area contributed by atoms with Gasteiger partial charge in [0.1, 0.15) is 0 Å². The molecular formula is C17H33IN4. The summed E-state index contributed by atoms with van der Waals surface area (Å²) >= 11 is 0. The second kappa shape index (κ2) is 11.3. The Kier molecular flexibility index (Phi) is 10.1. The molecule has 1 fully saturated rings. The van der Waals surface area contributed by atoms with Crippen molar-refractivity contribution in [3.63, 3.8) is 0 Å². The van der Waals surface area contributed by atoms with E-state index < -0.39 is 0 Å². The SMILES string of the molecule is CCNC(=NCCC1CCN(CC)CC1)NC1CC=CC1.I. The monoisotopic (exact) mass is 420 g/mol. The van der Waals surface area contributed by atoms with Crippen molar-refractivity contribution in [1.29, 1.82) is 0 Å². The molecule has 5 heteroatoms. The molecule has 1 saturated heterocycles. The van der Waals surface area contributed by atoms with Crippen molar-refractivity contribution in [2.24, 2.45) is 10.9 Å². The lowest BCUT2D eigenvalue weighted by Gasteiger charge is -2.30. The Hall–Kier alpha value is -0.300. The molecule has 0 aromatic carbocycles. The molecule has 0 radical (unpaired) electrons. The van der Waals surface area contributed by atoms with E-state index in [-0.39, 0.29) is 24.0 Å². The highest BCUT2D eigenvalue weighted by molar-refractivity contribution is 14.0. The Bertz CT molecular complexity index is 341. The highest BCUT2D eigenvalue weighted by Gasteiger charge is 2.17. The maximum Gasteiger partial charge on any atom is 0.191 e. The Morgan fingerprint density at radius 3 is 2.45 bits per heavy atom. The first-order valence-electron chi connectivity index (χ1n) is 8.74. The third kappa shape index (κ3) is 6.86. The maximum atomic E-state index is 4.76. The van der Waals surface area contributed by atoms with Crippen LogP contribution in [0.15, 0.2) is 17.1 Å². The van der Waals surface area contributed by atoms with E-state index in [1.807, 2.05) is 0 Å². The zero-order chi connectivity index (χ0) is 14.9. The van der Waals surface area contributed by atoms with Gasteiger partial charge in [-0.1, -0.05) is 19.1 Å². The molecule has 0 amide bonds. The molecule has 4 nitrogen and oxygen atoms in total. The second-order valence-corrected chi connectivity index (χ2v) is 6.21. The standard InChI is InChI=1S/C17H32N4.HI/c1-3-18-17(20-16-7-5-6-8-16)19-12-9-15-10-13-21(4-2)14-11-15;/h5-6,15-16H,3-4,7-14H2,1-2H3,(H2,18,19,20);1H. The van der Waals surface area contributed by atoms with E-state index in [0.29, 0.717) is 6.04 Å². The van der Waals surface area contributed by atoms with Crippen LogP contribution in [-0.2, 0) is 0 Å². The summed E-state index contributed by atoms with van der Waals surface area (Å²) in [5.41, 5.74) is 0. The molecule has 2 N–H and O–H groups in total. The molecule has 1 heterocycles. The van der Waals surface area contributed by atoms with Gasteiger partial charge in [0.15, 0.2) is 5.96 Å². The molecule has 1 aliphatic carbocycles. The van der Waals surface area contributed by atoms with Crippen molar-refractivity contribution in [2.75, 3.05) is 32.7 Å². The number of likely N-dealkylation sites (tertiary alicyclic amines) is 1. The van der Waals surface area contributed by atoms with Gasteiger partial charge in [0, 0.05) is 19.1 Å². The third-order valence-electron chi connectivity index (χ3n) is 4.65. The van der Waals surface area contributed by atoms with Crippen molar-refractivity contribution in [1.82, 2.24) is 15.5 Å². The van der Waals surface area contributed by atoms with E-state index in [1.165, 1.54) is 38.9 Å². The lowest BCUT2D eigenvalue weighted by molar-refractivity contribution is 0.188. The molecule has 0 atom stereocenters. The quantitative estimate of drug-likeness (QED) is 0.300. The van der Waals surface area contributed by atoms with E-state index in [1.54, 1.807) is 0 Å². The van der Waals surface area contributed by atoms with Crippen molar-refractivity contribution >= 4 is 29.9 Å². The molecule has 1 aliphatic heterocycles. The Balaban J connectivity index is 0.00000242. The molecular weight excluding hydrogens is 387 g/mol. The third-order valence-corrected chi connectivity index (χ3v) is 4.65. The van der Waals surface area contributed by atoms with Crippen LogP contribution in [0.3, 0.4) is 0 Å². The minimum absolute atomic E-state index is 0. The number of hydrogen-bond donors (Lipinski definition) is 2. The van der Waals surface area contributed by atoms with Crippen LogP contribution in [0, 0.1) is 5.92 Å². The fraction of sp³-hybridized carbons (Fsp3) is 0.824. The van der Waals surface area contributed by atoms with E-state index in [2.05, 4.69) is 41.5 Å². The van der Waals surface area contributed by atoms with Crippen molar-refractivity contribution in [2.45, 2.75) is 52.0 Å². The average molecular weight is 420 g/mol. The summed E-state index contributed by atoms with van der Waals surface area (Å²) < 4.78 is 0. The van der Waals surface area contributed by atoms with Gasteiger partial charge in [-0.2, -0.15) is 0 Å². The largest absolute Gasteiger partial charge is 0.357 e. The molecule has 0 aromatic rings. The number of guanidine groups is 1. The molecule has 0 saturated carbocycles. The molecule has 0 spiro atoms. The first-order chi connectivity index (χ1) is 10.3. The summed E-state index contributed by atoms with van der Waals surface area (Å²) in [6.07, 6.45) is 10.7. The van der Waals surface area contributed by atoms with Crippen LogP contribution in [0.25, 0.3) is 0 Å². The topological polar surface area (TPSA) is 39.7 Å². The maximum absolute atomic E-state index is 4.76. The Morgan fingerprint density at radius 2 is 1.86 bits per heavy atom. The first-order valence-corrected chi connectivity index (χ1v) is 8.74. The van der Waals surface area contributed by atoms with Gasteiger partial charge in [-0.15, -0.1) is 24.0 Å². The number of nitrogens with zero attached hydrogens (tertiary/aromatic N) is 2. The first kappa shape index (κ1) is 19.7. The molecule has 2 rings (SSSR count). The van der Waals surface area contributed by atoms with Gasteiger partial charge >= 0.3 is 0 Å². The number of nitrogens with one attached hydrogen (secondary N) is 2. The minimum Gasteiger partial charge on any atom is -0.357 e. The van der Waals surface area contributed by atoms with Crippen molar-refractivity contribution in [3.8, 4) is 0 Å². The molecule has 128 valence electrons. The highest BCUT2D eigenvalue weighted by atomic mass is 127. The summed E-state index contributed by atoms with van der Waals surface area (Å²) in [6.45, 7) is 10.0.